The molecule has 0 N–H and O–H groups in total. The molecule has 2 aromatic carbocycles. The predicted octanol–water partition coefficient (Wildman–Crippen LogP) is 2.80. The average molecular weight is 437 g/mol. The first-order valence-corrected chi connectivity index (χ1v) is 8.63. The van der Waals surface area contributed by atoms with E-state index in [4.69, 9.17) is 9.47 Å². The van der Waals surface area contributed by atoms with Crippen LogP contribution in [0.4, 0.5) is 5.69 Å². The smallest absolute Gasteiger partial charge is 0.344 e. The van der Waals surface area contributed by atoms with Crippen LogP contribution in [0.2, 0.25) is 0 Å². The molecule has 0 spiro atoms. The molecule has 0 bridgehead atoms. The van der Waals surface area contributed by atoms with Crippen LogP contribution in [-0.4, -0.2) is 31.6 Å². The Morgan fingerprint density at radius 2 is 1.79 bits per heavy atom. The van der Waals surface area contributed by atoms with E-state index in [9.17, 15) is 9.59 Å². The van der Waals surface area contributed by atoms with Crippen LogP contribution in [0.1, 0.15) is 5.56 Å². The largest absolute Gasteiger partial charge is 0.482 e. The zero-order chi connectivity index (χ0) is 16.9. The number of rotatable bonds is 5. The van der Waals surface area contributed by atoms with Crippen molar-refractivity contribution < 1.29 is 19.1 Å². The van der Waals surface area contributed by atoms with E-state index in [2.05, 4.69) is 22.6 Å². The molecule has 3 rings (SSSR count). The number of para-hydroxylation sites is 1. The molecule has 1 aliphatic rings. The van der Waals surface area contributed by atoms with Crippen molar-refractivity contribution >= 4 is 40.2 Å². The Balaban J connectivity index is 1.46. The van der Waals surface area contributed by atoms with E-state index in [1.54, 1.807) is 17.0 Å². The lowest BCUT2D eigenvalue weighted by atomic mass is 10.2. The third-order valence-corrected chi connectivity index (χ3v) is 4.43. The van der Waals surface area contributed by atoms with E-state index in [1.807, 2.05) is 36.4 Å². The van der Waals surface area contributed by atoms with Crippen LogP contribution in [0.25, 0.3) is 0 Å². The van der Waals surface area contributed by atoms with Gasteiger partial charge in [-0.1, -0.05) is 18.2 Å². The molecule has 6 heteroatoms. The number of fused-ring (bicyclic) bond motifs is 1. The van der Waals surface area contributed by atoms with Crippen LogP contribution < -0.4 is 9.64 Å². The topological polar surface area (TPSA) is 55.8 Å². The number of nitrogens with zero attached hydrogens (tertiary/aromatic N) is 1. The fourth-order valence-corrected chi connectivity index (χ4v) is 2.89. The van der Waals surface area contributed by atoms with Gasteiger partial charge in [-0.15, -0.1) is 0 Å². The predicted molar refractivity (Wildman–Crippen MR) is 98.1 cm³/mol. The molecule has 0 fully saturated rings. The minimum Gasteiger partial charge on any atom is -0.482 e. The molecule has 0 aliphatic carbocycles. The molecule has 0 saturated carbocycles. The van der Waals surface area contributed by atoms with Crippen LogP contribution in [0, 0.1) is 3.57 Å². The highest BCUT2D eigenvalue weighted by atomic mass is 127. The second-order valence-corrected chi connectivity index (χ2v) is 6.57. The Morgan fingerprint density at radius 3 is 2.58 bits per heavy atom. The van der Waals surface area contributed by atoms with Crippen molar-refractivity contribution in [1.82, 2.24) is 0 Å². The van der Waals surface area contributed by atoms with Crippen molar-refractivity contribution in [3.63, 3.8) is 0 Å². The van der Waals surface area contributed by atoms with Crippen molar-refractivity contribution in [2.24, 2.45) is 0 Å². The molecule has 0 aromatic heterocycles. The molecule has 1 heterocycles. The Morgan fingerprint density at radius 1 is 1.04 bits per heavy atom. The Bertz CT molecular complexity index is 745. The van der Waals surface area contributed by atoms with Gasteiger partial charge in [0.15, 0.2) is 13.2 Å². The highest BCUT2D eigenvalue weighted by molar-refractivity contribution is 14.1. The van der Waals surface area contributed by atoms with Gasteiger partial charge in [-0.3, -0.25) is 4.79 Å². The fraction of sp³-hybridized carbons (Fsp3) is 0.222. The highest BCUT2D eigenvalue weighted by Gasteiger charge is 2.24. The van der Waals surface area contributed by atoms with Crippen LogP contribution in [-0.2, 0) is 20.7 Å². The van der Waals surface area contributed by atoms with Gasteiger partial charge in [-0.2, -0.15) is 0 Å². The van der Waals surface area contributed by atoms with Gasteiger partial charge in [0.05, 0.1) is 0 Å². The lowest BCUT2D eigenvalue weighted by Gasteiger charge is -2.17. The SMILES string of the molecule is O=C(COc1ccc(I)cc1)OCC(=O)N1CCc2ccccc21. The summed E-state index contributed by atoms with van der Waals surface area (Å²) in [5.41, 5.74) is 2.04. The third kappa shape index (κ3) is 4.05. The lowest BCUT2D eigenvalue weighted by molar-refractivity contribution is -0.149. The van der Waals surface area contributed by atoms with Gasteiger partial charge < -0.3 is 14.4 Å². The zero-order valence-corrected chi connectivity index (χ0v) is 15.1. The summed E-state index contributed by atoms with van der Waals surface area (Å²) in [4.78, 5) is 25.6. The van der Waals surface area contributed by atoms with Crippen LogP contribution in [0.3, 0.4) is 0 Å². The first-order chi connectivity index (χ1) is 11.6. The third-order valence-electron chi connectivity index (χ3n) is 3.72. The number of halogens is 1. The summed E-state index contributed by atoms with van der Waals surface area (Å²) >= 11 is 2.19. The standard InChI is InChI=1S/C18H16INO4/c19-14-5-7-15(8-6-14)23-12-18(22)24-11-17(21)20-10-9-13-3-1-2-4-16(13)20/h1-8H,9-12H2. The van der Waals surface area contributed by atoms with E-state index in [0.29, 0.717) is 12.3 Å². The Kier molecular flexibility index (Phi) is 5.34. The summed E-state index contributed by atoms with van der Waals surface area (Å²) in [6, 6.07) is 15.1. The molecule has 124 valence electrons. The van der Waals surface area contributed by atoms with Gasteiger partial charge in [0, 0.05) is 15.8 Å². The van der Waals surface area contributed by atoms with Gasteiger partial charge >= 0.3 is 5.97 Å². The first-order valence-electron chi connectivity index (χ1n) is 7.56. The van der Waals surface area contributed by atoms with E-state index >= 15 is 0 Å². The molecule has 5 nitrogen and oxygen atoms in total. The quantitative estimate of drug-likeness (QED) is 0.534. The number of carbonyl (C=O) groups is 2. The summed E-state index contributed by atoms with van der Waals surface area (Å²) in [6.07, 6.45) is 0.825. The van der Waals surface area contributed by atoms with Crippen LogP contribution in [0.5, 0.6) is 5.75 Å². The molecule has 0 atom stereocenters. The number of esters is 1. The molecule has 24 heavy (non-hydrogen) atoms. The monoisotopic (exact) mass is 437 g/mol. The number of carbonyl (C=O) groups excluding carboxylic acids is 2. The van der Waals surface area contributed by atoms with Crippen LogP contribution >= 0.6 is 22.6 Å². The van der Waals surface area contributed by atoms with E-state index in [1.165, 1.54) is 0 Å². The summed E-state index contributed by atoms with van der Waals surface area (Å²) in [6.45, 7) is 0.128. The number of hydrogen-bond acceptors (Lipinski definition) is 4. The minimum absolute atomic E-state index is 0.218. The minimum atomic E-state index is -0.561. The fourth-order valence-electron chi connectivity index (χ4n) is 2.53. The zero-order valence-electron chi connectivity index (χ0n) is 12.9. The van der Waals surface area contributed by atoms with Gasteiger partial charge in [-0.25, -0.2) is 4.79 Å². The Hall–Kier alpha value is -2.09. The van der Waals surface area contributed by atoms with Crippen molar-refractivity contribution in [1.29, 1.82) is 0 Å². The summed E-state index contributed by atoms with van der Waals surface area (Å²) in [5, 5.41) is 0. The van der Waals surface area contributed by atoms with Crippen molar-refractivity contribution in [2.75, 3.05) is 24.7 Å². The van der Waals surface area contributed by atoms with Gasteiger partial charge in [-0.05, 0) is 64.9 Å². The van der Waals surface area contributed by atoms with Crippen molar-refractivity contribution in [3.05, 3.63) is 57.7 Å². The van der Waals surface area contributed by atoms with Gasteiger partial charge in [0.25, 0.3) is 5.91 Å². The number of hydrogen-bond donors (Lipinski definition) is 0. The lowest BCUT2D eigenvalue weighted by Crippen LogP contribution is -2.33. The number of ether oxygens (including phenoxy) is 2. The van der Waals surface area contributed by atoms with E-state index in [0.717, 1.165) is 21.2 Å². The summed E-state index contributed by atoms with van der Waals surface area (Å²) in [7, 11) is 0. The van der Waals surface area contributed by atoms with Gasteiger partial charge in [0.1, 0.15) is 5.75 Å². The number of amides is 1. The molecule has 0 saturated heterocycles. The van der Waals surface area contributed by atoms with Gasteiger partial charge in [0.2, 0.25) is 0 Å². The number of anilines is 1. The maximum atomic E-state index is 12.2. The highest BCUT2D eigenvalue weighted by Crippen LogP contribution is 2.27. The van der Waals surface area contributed by atoms with Crippen molar-refractivity contribution in [2.45, 2.75) is 6.42 Å². The van der Waals surface area contributed by atoms with E-state index < -0.39 is 5.97 Å². The average Bonchev–Trinajstić information content (AvgIpc) is 3.03. The number of benzene rings is 2. The maximum absolute atomic E-state index is 12.2. The molecule has 1 amide bonds. The molecular weight excluding hydrogens is 421 g/mol. The molecule has 0 unspecified atom stereocenters. The summed E-state index contributed by atoms with van der Waals surface area (Å²) in [5.74, 6) is -0.191. The second-order valence-electron chi connectivity index (χ2n) is 5.33. The maximum Gasteiger partial charge on any atom is 0.344 e. The van der Waals surface area contributed by atoms with Crippen LogP contribution in [0.15, 0.2) is 48.5 Å². The normalized spacial score (nSPS) is 12.6. The molecule has 1 aliphatic heterocycles. The first kappa shape index (κ1) is 16.8. The molecule has 2 aromatic rings. The van der Waals surface area contributed by atoms with E-state index in [-0.39, 0.29) is 19.1 Å². The second kappa shape index (κ2) is 7.65. The Labute approximate surface area is 153 Å². The van der Waals surface area contributed by atoms with Crippen molar-refractivity contribution in [3.8, 4) is 5.75 Å². The molecule has 0 radical (unpaired) electrons. The molecular formula is C18H16INO4. The summed E-state index contributed by atoms with van der Waals surface area (Å²) < 4.78 is 11.4.